The van der Waals surface area contributed by atoms with Gasteiger partial charge in [-0.15, -0.1) is 0 Å². The molecule has 5 heteroatoms. The molecule has 0 N–H and O–H groups in total. The van der Waals surface area contributed by atoms with Crippen LogP contribution in [-0.4, -0.2) is 16.3 Å². The molecule has 0 aliphatic carbocycles. The van der Waals surface area contributed by atoms with Crippen LogP contribution in [0.25, 0.3) is 28.7 Å². The van der Waals surface area contributed by atoms with Crippen molar-refractivity contribution in [1.82, 2.24) is 9.55 Å². The minimum atomic E-state index is -0.0853. The molecular formula is C25H20N2O3. The molecular weight excluding hydrogens is 376 g/mol. The van der Waals surface area contributed by atoms with Gasteiger partial charge in [0.25, 0.3) is 5.56 Å². The number of ether oxygens (including phenoxy) is 2. The summed E-state index contributed by atoms with van der Waals surface area (Å²) in [6, 6.07) is 19.2. The van der Waals surface area contributed by atoms with Gasteiger partial charge in [-0.2, -0.15) is 0 Å². The van der Waals surface area contributed by atoms with Gasteiger partial charge in [0.15, 0.2) is 11.5 Å². The lowest BCUT2D eigenvalue weighted by Crippen LogP contribution is -2.23. The maximum atomic E-state index is 13.4. The van der Waals surface area contributed by atoms with Crippen molar-refractivity contribution in [2.45, 2.75) is 13.8 Å². The van der Waals surface area contributed by atoms with Crippen LogP contribution in [0.15, 0.2) is 65.5 Å². The molecule has 30 heavy (non-hydrogen) atoms. The van der Waals surface area contributed by atoms with Crippen LogP contribution in [0.1, 0.15) is 22.5 Å². The van der Waals surface area contributed by atoms with Crippen molar-refractivity contribution in [3.05, 3.63) is 93.5 Å². The summed E-state index contributed by atoms with van der Waals surface area (Å²) in [5.41, 5.74) is 4.53. The number of benzene rings is 3. The summed E-state index contributed by atoms with van der Waals surface area (Å²) in [4.78, 5) is 18.2. The molecule has 0 atom stereocenters. The van der Waals surface area contributed by atoms with E-state index in [-0.39, 0.29) is 12.4 Å². The normalized spacial score (nSPS) is 12.7. The van der Waals surface area contributed by atoms with Crippen LogP contribution in [0.3, 0.4) is 0 Å². The van der Waals surface area contributed by atoms with E-state index >= 15 is 0 Å². The number of hydrogen-bond donors (Lipinski definition) is 0. The number of hydrogen-bond acceptors (Lipinski definition) is 4. The average Bonchev–Trinajstić information content (AvgIpc) is 3.21. The highest BCUT2D eigenvalue weighted by Gasteiger charge is 2.14. The Hall–Kier alpha value is -3.86. The summed E-state index contributed by atoms with van der Waals surface area (Å²) in [7, 11) is 0. The van der Waals surface area contributed by atoms with E-state index in [2.05, 4.69) is 6.07 Å². The molecule has 0 radical (unpaired) electrons. The standard InChI is InChI=1S/C25H20N2O3/c1-16-7-10-21(17(2)13-16)27-24(26-20-6-4-3-5-19(20)25(27)28)12-9-18-8-11-22-23(14-18)30-15-29-22/h3-14H,15H2,1-2H3. The van der Waals surface area contributed by atoms with Gasteiger partial charge in [-0.05, 0) is 61.4 Å². The van der Waals surface area contributed by atoms with Gasteiger partial charge in [-0.1, -0.05) is 42.0 Å². The molecule has 1 aromatic heterocycles. The molecule has 2 heterocycles. The van der Waals surface area contributed by atoms with E-state index in [4.69, 9.17) is 14.5 Å². The Morgan fingerprint density at radius 1 is 0.933 bits per heavy atom. The first-order chi connectivity index (χ1) is 14.6. The van der Waals surface area contributed by atoms with Crippen molar-refractivity contribution in [3.8, 4) is 17.2 Å². The largest absolute Gasteiger partial charge is 0.454 e. The maximum Gasteiger partial charge on any atom is 0.266 e. The third-order valence-electron chi connectivity index (χ3n) is 5.22. The van der Waals surface area contributed by atoms with Crippen molar-refractivity contribution in [3.63, 3.8) is 0 Å². The van der Waals surface area contributed by atoms with Crippen LogP contribution >= 0.6 is 0 Å². The third kappa shape index (κ3) is 3.14. The van der Waals surface area contributed by atoms with Crippen molar-refractivity contribution >= 4 is 23.1 Å². The van der Waals surface area contributed by atoms with Gasteiger partial charge in [0, 0.05) is 0 Å². The van der Waals surface area contributed by atoms with E-state index in [9.17, 15) is 4.79 Å². The van der Waals surface area contributed by atoms with Gasteiger partial charge in [-0.3, -0.25) is 9.36 Å². The Bertz CT molecular complexity index is 1370. The van der Waals surface area contributed by atoms with Crippen molar-refractivity contribution in [2.24, 2.45) is 0 Å². The van der Waals surface area contributed by atoms with Crippen molar-refractivity contribution < 1.29 is 9.47 Å². The predicted octanol–water partition coefficient (Wildman–Crippen LogP) is 4.90. The van der Waals surface area contributed by atoms with Gasteiger partial charge in [-0.25, -0.2) is 4.98 Å². The number of rotatable bonds is 3. The molecule has 1 aliphatic heterocycles. The molecule has 0 saturated heterocycles. The number of para-hydroxylation sites is 1. The van der Waals surface area contributed by atoms with E-state index in [1.165, 1.54) is 0 Å². The fourth-order valence-corrected chi connectivity index (χ4v) is 3.74. The lowest BCUT2D eigenvalue weighted by Gasteiger charge is -2.14. The van der Waals surface area contributed by atoms with Crippen LogP contribution in [0.2, 0.25) is 0 Å². The van der Waals surface area contributed by atoms with Crippen LogP contribution in [-0.2, 0) is 0 Å². The second-order valence-electron chi connectivity index (χ2n) is 7.36. The molecule has 0 unspecified atom stereocenters. The van der Waals surface area contributed by atoms with Gasteiger partial charge < -0.3 is 9.47 Å². The Kier molecular flexibility index (Phi) is 4.36. The fraction of sp³-hybridized carbons (Fsp3) is 0.120. The van der Waals surface area contributed by atoms with Gasteiger partial charge >= 0.3 is 0 Å². The van der Waals surface area contributed by atoms with Gasteiger partial charge in [0.1, 0.15) is 5.82 Å². The zero-order valence-corrected chi connectivity index (χ0v) is 16.8. The maximum absolute atomic E-state index is 13.4. The zero-order valence-electron chi connectivity index (χ0n) is 16.8. The lowest BCUT2D eigenvalue weighted by molar-refractivity contribution is 0.174. The SMILES string of the molecule is Cc1ccc(-n2c(C=Cc3ccc4c(c3)OCO4)nc3ccccc3c2=O)c(C)c1. The second-order valence-corrected chi connectivity index (χ2v) is 7.36. The highest BCUT2D eigenvalue weighted by Crippen LogP contribution is 2.33. The summed E-state index contributed by atoms with van der Waals surface area (Å²) in [6.07, 6.45) is 3.79. The summed E-state index contributed by atoms with van der Waals surface area (Å²) < 4.78 is 12.5. The molecule has 0 saturated carbocycles. The smallest absolute Gasteiger partial charge is 0.266 e. The van der Waals surface area contributed by atoms with E-state index in [1.807, 2.05) is 80.6 Å². The molecule has 5 nitrogen and oxygen atoms in total. The topological polar surface area (TPSA) is 53.4 Å². The fourth-order valence-electron chi connectivity index (χ4n) is 3.74. The molecule has 5 rings (SSSR count). The molecule has 3 aromatic carbocycles. The summed E-state index contributed by atoms with van der Waals surface area (Å²) in [5, 5.41) is 0.595. The molecule has 0 spiro atoms. The molecule has 0 bridgehead atoms. The van der Waals surface area contributed by atoms with Crippen molar-refractivity contribution in [1.29, 1.82) is 0 Å². The predicted molar refractivity (Wildman–Crippen MR) is 118 cm³/mol. The third-order valence-corrected chi connectivity index (χ3v) is 5.22. The zero-order chi connectivity index (χ0) is 20.7. The van der Waals surface area contributed by atoms with Crippen LogP contribution in [0, 0.1) is 13.8 Å². The first-order valence-corrected chi connectivity index (χ1v) is 9.77. The summed E-state index contributed by atoms with van der Waals surface area (Å²) >= 11 is 0. The van der Waals surface area contributed by atoms with Crippen LogP contribution in [0.4, 0.5) is 0 Å². The van der Waals surface area contributed by atoms with Crippen molar-refractivity contribution in [2.75, 3.05) is 6.79 Å². The number of aryl methyl sites for hydroxylation is 2. The molecule has 148 valence electrons. The Morgan fingerprint density at radius 2 is 1.77 bits per heavy atom. The quantitative estimate of drug-likeness (QED) is 0.494. The van der Waals surface area contributed by atoms with E-state index in [0.29, 0.717) is 16.7 Å². The number of aromatic nitrogens is 2. The Labute approximate surface area is 173 Å². The lowest BCUT2D eigenvalue weighted by atomic mass is 10.1. The van der Waals surface area contributed by atoms with E-state index in [0.717, 1.165) is 33.9 Å². The summed E-state index contributed by atoms with van der Waals surface area (Å²) in [6.45, 7) is 4.29. The highest BCUT2D eigenvalue weighted by molar-refractivity contribution is 5.80. The Morgan fingerprint density at radius 3 is 2.63 bits per heavy atom. The molecule has 0 fully saturated rings. The molecule has 0 amide bonds. The monoisotopic (exact) mass is 396 g/mol. The minimum Gasteiger partial charge on any atom is -0.454 e. The Balaban J connectivity index is 1.69. The molecule has 1 aliphatic rings. The van der Waals surface area contributed by atoms with Gasteiger partial charge in [0.2, 0.25) is 6.79 Å². The summed E-state index contributed by atoms with van der Waals surface area (Å²) in [5.74, 6) is 2.03. The number of fused-ring (bicyclic) bond motifs is 2. The first kappa shape index (κ1) is 18.2. The van der Waals surface area contributed by atoms with Crippen LogP contribution < -0.4 is 15.0 Å². The highest BCUT2D eigenvalue weighted by atomic mass is 16.7. The number of nitrogens with zero attached hydrogens (tertiary/aromatic N) is 2. The second kappa shape index (κ2) is 7.19. The first-order valence-electron chi connectivity index (χ1n) is 9.77. The van der Waals surface area contributed by atoms with Crippen LogP contribution in [0.5, 0.6) is 11.5 Å². The minimum absolute atomic E-state index is 0.0853. The average molecular weight is 396 g/mol. The van der Waals surface area contributed by atoms with E-state index < -0.39 is 0 Å². The molecule has 4 aromatic rings. The van der Waals surface area contributed by atoms with E-state index in [1.54, 1.807) is 4.57 Å². The van der Waals surface area contributed by atoms with Gasteiger partial charge in [0.05, 0.1) is 16.6 Å².